The third kappa shape index (κ3) is 3.94. The van der Waals surface area contributed by atoms with Crippen LogP contribution in [0.25, 0.3) is 22.0 Å². The zero-order valence-corrected chi connectivity index (χ0v) is 17.7. The van der Waals surface area contributed by atoms with Crippen LogP contribution in [0.15, 0.2) is 60.9 Å². The second kappa shape index (κ2) is 7.96. The van der Waals surface area contributed by atoms with Crippen molar-refractivity contribution in [3.05, 3.63) is 83.3 Å². The van der Waals surface area contributed by atoms with Crippen molar-refractivity contribution >= 4 is 16.8 Å². The molecule has 6 nitrogen and oxygen atoms in total. The van der Waals surface area contributed by atoms with E-state index in [9.17, 15) is 4.79 Å². The number of hydrogen-bond donors (Lipinski definition) is 2. The first-order chi connectivity index (χ1) is 15.1. The summed E-state index contributed by atoms with van der Waals surface area (Å²) in [6.45, 7) is 0.826. The van der Waals surface area contributed by atoms with Crippen molar-refractivity contribution in [2.45, 2.75) is 25.4 Å². The van der Waals surface area contributed by atoms with Gasteiger partial charge in [0.2, 0.25) is 0 Å². The summed E-state index contributed by atoms with van der Waals surface area (Å²) in [4.78, 5) is 19.6. The van der Waals surface area contributed by atoms with E-state index in [0.717, 1.165) is 47.0 Å². The van der Waals surface area contributed by atoms with Gasteiger partial charge in [-0.05, 0) is 67.4 Å². The van der Waals surface area contributed by atoms with E-state index in [-0.39, 0.29) is 11.9 Å². The van der Waals surface area contributed by atoms with Crippen LogP contribution in [0.5, 0.6) is 0 Å². The molecule has 2 heterocycles. The molecule has 156 valence electrons. The lowest BCUT2D eigenvalue weighted by atomic mass is 10.0. The van der Waals surface area contributed by atoms with Crippen LogP contribution in [0, 0.1) is 0 Å². The maximum atomic E-state index is 13.0. The Kier molecular flexibility index (Phi) is 5.00. The van der Waals surface area contributed by atoms with Crippen molar-refractivity contribution in [1.29, 1.82) is 0 Å². The Labute approximate surface area is 181 Å². The largest absolute Gasteiger partial charge is 0.347 e. The number of aromatic amines is 1. The Morgan fingerprint density at radius 1 is 1.06 bits per heavy atom. The van der Waals surface area contributed by atoms with E-state index < -0.39 is 0 Å². The molecule has 2 aromatic carbocycles. The summed E-state index contributed by atoms with van der Waals surface area (Å²) in [7, 11) is 4.08. The van der Waals surface area contributed by atoms with Gasteiger partial charge in [0.1, 0.15) is 0 Å². The smallest absolute Gasteiger partial charge is 0.272 e. The highest BCUT2D eigenvalue weighted by Gasteiger charge is 2.24. The van der Waals surface area contributed by atoms with Crippen LogP contribution in [0.2, 0.25) is 0 Å². The summed E-state index contributed by atoms with van der Waals surface area (Å²) >= 11 is 0. The molecule has 5 rings (SSSR count). The van der Waals surface area contributed by atoms with E-state index in [1.165, 1.54) is 11.1 Å². The minimum Gasteiger partial charge on any atom is -0.347 e. The second-order valence-corrected chi connectivity index (χ2v) is 8.50. The maximum absolute atomic E-state index is 13.0. The van der Waals surface area contributed by atoms with Gasteiger partial charge < -0.3 is 10.2 Å². The molecule has 1 aliphatic rings. The summed E-state index contributed by atoms with van der Waals surface area (Å²) < 4.78 is 0. The first-order valence-corrected chi connectivity index (χ1v) is 10.5. The van der Waals surface area contributed by atoms with Gasteiger partial charge in [-0.25, -0.2) is 0 Å². The number of nitrogens with one attached hydrogen (secondary N) is 2. The van der Waals surface area contributed by atoms with Crippen molar-refractivity contribution < 1.29 is 4.79 Å². The highest BCUT2D eigenvalue weighted by atomic mass is 16.2. The fourth-order valence-electron chi connectivity index (χ4n) is 4.38. The number of aromatic nitrogens is 3. The van der Waals surface area contributed by atoms with Crippen molar-refractivity contribution in [3.63, 3.8) is 0 Å². The standard InChI is InChI=1S/C25H25N5O/c1-30(2)15-16-9-20(14-26-13-16)19-7-8-23-22(12-19)24(29-28-23)25(31)27-21-10-17-5-3-4-6-18(17)11-21/h3-9,12-14,21H,10-11,15H2,1-2H3,(H,27,31)(H,28,29). The number of nitrogens with zero attached hydrogens (tertiary/aromatic N) is 3. The van der Waals surface area contributed by atoms with Crippen LogP contribution in [0.4, 0.5) is 0 Å². The van der Waals surface area contributed by atoms with E-state index in [2.05, 4.69) is 43.6 Å². The van der Waals surface area contributed by atoms with Crippen LogP contribution >= 0.6 is 0 Å². The molecule has 1 aliphatic carbocycles. The molecule has 0 spiro atoms. The third-order valence-electron chi connectivity index (χ3n) is 5.79. The molecule has 0 saturated heterocycles. The number of amides is 1. The molecule has 6 heteroatoms. The van der Waals surface area contributed by atoms with Crippen LogP contribution in [-0.2, 0) is 19.4 Å². The van der Waals surface area contributed by atoms with Gasteiger partial charge in [0.05, 0.1) is 5.52 Å². The lowest BCUT2D eigenvalue weighted by Gasteiger charge is -2.11. The highest BCUT2D eigenvalue weighted by molar-refractivity contribution is 6.05. The fraction of sp³-hybridized carbons (Fsp3) is 0.240. The maximum Gasteiger partial charge on any atom is 0.272 e. The van der Waals surface area contributed by atoms with Crippen molar-refractivity contribution in [3.8, 4) is 11.1 Å². The second-order valence-electron chi connectivity index (χ2n) is 8.50. The molecular weight excluding hydrogens is 386 g/mol. The minimum atomic E-state index is -0.138. The summed E-state index contributed by atoms with van der Waals surface area (Å²) in [5, 5.41) is 11.3. The fourth-order valence-corrected chi connectivity index (χ4v) is 4.38. The summed E-state index contributed by atoms with van der Waals surface area (Å²) in [5.74, 6) is -0.138. The molecular formula is C25H25N5O. The van der Waals surface area contributed by atoms with Crippen molar-refractivity contribution in [2.75, 3.05) is 14.1 Å². The van der Waals surface area contributed by atoms with Gasteiger partial charge in [0, 0.05) is 35.9 Å². The Balaban J connectivity index is 1.40. The molecule has 0 saturated carbocycles. The molecule has 2 aromatic heterocycles. The van der Waals surface area contributed by atoms with Crippen molar-refractivity contribution in [2.24, 2.45) is 0 Å². The molecule has 0 fully saturated rings. The molecule has 31 heavy (non-hydrogen) atoms. The third-order valence-corrected chi connectivity index (χ3v) is 5.79. The Morgan fingerprint density at radius 2 is 1.84 bits per heavy atom. The lowest BCUT2D eigenvalue weighted by molar-refractivity contribution is 0.0935. The molecule has 0 radical (unpaired) electrons. The number of hydrogen-bond acceptors (Lipinski definition) is 4. The highest BCUT2D eigenvalue weighted by Crippen LogP contribution is 2.27. The predicted molar refractivity (Wildman–Crippen MR) is 122 cm³/mol. The zero-order chi connectivity index (χ0) is 21.4. The number of carbonyl (C=O) groups is 1. The topological polar surface area (TPSA) is 73.9 Å². The summed E-state index contributed by atoms with van der Waals surface area (Å²) in [5.41, 5.74) is 7.10. The number of rotatable bonds is 5. The predicted octanol–water partition coefficient (Wildman–Crippen LogP) is 3.58. The van der Waals surface area contributed by atoms with Gasteiger partial charge in [-0.1, -0.05) is 30.3 Å². The Bertz CT molecular complexity index is 1230. The van der Waals surface area contributed by atoms with Gasteiger partial charge in [-0.15, -0.1) is 0 Å². The average Bonchev–Trinajstić information content (AvgIpc) is 3.36. The van der Waals surface area contributed by atoms with E-state index in [4.69, 9.17) is 0 Å². The van der Waals surface area contributed by atoms with E-state index in [1.54, 1.807) is 0 Å². The monoisotopic (exact) mass is 411 g/mol. The average molecular weight is 412 g/mol. The van der Waals surface area contributed by atoms with Crippen LogP contribution in [0.1, 0.15) is 27.2 Å². The van der Waals surface area contributed by atoms with Crippen LogP contribution < -0.4 is 5.32 Å². The van der Waals surface area contributed by atoms with Gasteiger partial charge >= 0.3 is 0 Å². The normalized spacial score (nSPS) is 13.6. The van der Waals surface area contributed by atoms with Gasteiger partial charge in [-0.2, -0.15) is 5.10 Å². The van der Waals surface area contributed by atoms with Gasteiger partial charge in [0.15, 0.2) is 5.69 Å². The molecule has 1 amide bonds. The molecule has 0 bridgehead atoms. The van der Waals surface area contributed by atoms with E-state index in [0.29, 0.717) is 5.69 Å². The number of benzene rings is 2. The molecule has 4 aromatic rings. The van der Waals surface area contributed by atoms with Gasteiger partial charge in [0.25, 0.3) is 5.91 Å². The first-order valence-electron chi connectivity index (χ1n) is 10.5. The van der Waals surface area contributed by atoms with E-state index >= 15 is 0 Å². The Morgan fingerprint density at radius 3 is 2.58 bits per heavy atom. The summed E-state index contributed by atoms with van der Waals surface area (Å²) in [6, 6.07) is 16.6. The molecule has 0 atom stereocenters. The van der Waals surface area contributed by atoms with Crippen LogP contribution in [-0.4, -0.2) is 46.1 Å². The zero-order valence-electron chi connectivity index (χ0n) is 17.7. The Hall–Kier alpha value is -3.51. The molecule has 0 aliphatic heterocycles. The molecule has 0 unspecified atom stereocenters. The summed E-state index contributed by atoms with van der Waals surface area (Å²) in [6.07, 6.45) is 5.47. The SMILES string of the molecule is CN(C)Cc1cncc(-c2ccc3[nH]nc(C(=O)NC4Cc5ccccc5C4)c3c2)c1. The van der Waals surface area contributed by atoms with Crippen LogP contribution in [0.3, 0.4) is 0 Å². The first kappa shape index (κ1) is 19.5. The number of pyridine rings is 1. The number of H-pyrrole nitrogens is 1. The van der Waals surface area contributed by atoms with Crippen molar-refractivity contribution in [1.82, 2.24) is 25.4 Å². The number of fused-ring (bicyclic) bond motifs is 2. The quantitative estimate of drug-likeness (QED) is 0.526. The molecule has 2 N–H and O–H groups in total. The number of carbonyl (C=O) groups excluding carboxylic acids is 1. The van der Waals surface area contributed by atoms with Gasteiger partial charge in [-0.3, -0.25) is 14.9 Å². The van der Waals surface area contributed by atoms with E-state index in [1.807, 2.05) is 56.8 Å². The lowest BCUT2D eigenvalue weighted by Crippen LogP contribution is -2.35. The minimum absolute atomic E-state index is 0.103.